The Labute approximate surface area is 230 Å². The summed E-state index contributed by atoms with van der Waals surface area (Å²) < 4.78 is 46.2. The number of ether oxygens (including phenoxy) is 1. The molecule has 2 unspecified atom stereocenters. The van der Waals surface area contributed by atoms with Gasteiger partial charge in [-0.3, -0.25) is 14.7 Å². The van der Waals surface area contributed by atoms with E-state index < -0.39 is 29.1 Å². The molecule has 1 aromatic carbocycles. The first-order valence-corrected chi connectivity index (χ1v) is 13.3. The average Bonchev–Trinajstić information content (AvgIpc) is 2.96. The van der Waals surface area contributed by atoms with Crippen LogP contribution in [0.2, 0.25) is 0 Å². The number of nitrogens with two attached hydrogens (primary N) is 2. The summed E-state index contributed by atoms with van der Waals surface area (Å²) in [6.45, 7) is 2.71. The second-order valence-electron chi connectivity index (χ2n) is 10.4. The van der Waals surface area contributed by atoms with Gasteiger partial charge in [0.1, 0.15) is 0 Å². The van der Waals surface area contributed by atoms with Gasteiger partial charge in [-0.15, -0.1) is 0 Å². The van der Waals surface area contributed by atoms with Crippen molar-refractivity contribution in [3.8, 4) is 0 Å². The molecular weight excluding hydrogens is 523 g/mol. The van der Waals surface area contributed by atoms with Crippen LogP contribution in [-0.4, -0.2) is 66.1 Å². The molecular formula is C29H32F3N5O3. The number of hydrogen-bond acceptors (Lipinski definition) is 5. The fourth-order valence-electron chi connectivity index (χ4n) is 6.14. The van der Waals surface area contributed by atoms with E-state index in [1.807, 2.05) is 24.3 Å². The highest BCUT2D eigenvalue weighted by Crippen LogP contribution is 2.51. The number of urea groups is 1. The Morgan fingerprint density at radius 3 is 2.50 bits per heavy atom. The van der Waals surface area contributed by atoms with Gasteiger partial charge in [0.25, 0.3) is 0 Å². The minimum Gasteiger partial charge on any atom is -0.379 e. The first-order valence-electron chi connectivity index (χ1n) is 13.3. The average molecular weight is 556 g/mol. The second-order valence-corrected chi connectivity index (χ2v) is 10.4. The van der Waals surface area contributed by atoms with Gasteiger partial charge in [-0.05, 0) is 65.8 Å². The van der Waals surface area contributed by atoms with Crippen LogP contribution in [0.4, 0.5) is 18.0 Å². The zero-order chi connectivity index (χ0) is 28.5. The Balaban J connectivity index is 1.62. The van der Waals surface area contributed by atoms with E-state index in [1.54, 1.807) is 12.3 Å². The van der Waals surface area contributed by atoms with E-state index in [-0.39, 0.29) is 32.0 Å². The molecule has 3 aliphatic rings. The summed E-state index contributed by atoms with van der Waals surface area (Å²) in [5.41, 5.74) is 13.1. The van der Waals surface area contributed by atoms with E-state index >= 15 is 0 Å². The maximum Gasteiger partial charge on any atom is 0.416 e. The molecule has 3 heterocycles. The van der Waals surface area contributed by atoms with Gasteiger partial charge < -0.3 is 21.1 Å². The number of morpholine rings is 1. The van der Waals surface area contributed by atoms with Crippen molar-refractivity contribution in [1.82, 2.24) is 14.8 Å². The highest BCUT2D eigenvalue weighted by atomic mass is 19.4. The van der Waals surface area contributed by atoms with Gasteiger partial charge in [-0.2, -0.15) is 13.2 Å². The van der Waals surface area contributed by atoms with Crippen molar-refractivity contribution in [2.45, 2.75) is 31.5 Å². The van der Waals surface area contributed by atoms with Crippen molar-refractivity contribution in [2.24, 2.45) is 16.9 Å². The lowest BCUT2D eigenvalue weighted by molar-refractivity contribution is -0.137. The normalized spacial score (nSPS) is 22.9. The van der Waals surface area contributed by atoms with Crippen molar-refractivity contribution in [3.05, 3.63) is 82.7 Å². The number of rotatable bonds is 6. The summed E-state index contributed by atoms with van der Waals surface area (Å²) in [7, 11) is 0. The molecule has 1 aromatic heterocycles. The van der Waals surface area contributed by atoms with E-state index in [0.29, 0.717) is 49.4 Å². The molecule has 1 aliphatic carbocycles. The number of benzene rings is 1. The quantitative estimate of drug-likeness (QED) is 0.561. The zero-order valence-electron chi connectivity index (χ0n) is 22.0. The summed E-state index contributed by atoms with van der Waals surface area (Å²) in [5.74, 6) is -0.556. The topological polar surface area (TPSA) is 115 Å². The smallest absolute Gasteiger partial charge is 0.379 e. The van der Waals surface area contributed by atoms with Crippen LogP contribution in [0.15, 0.2) is 65.9 Å². The largest absolute Gasteiger partial charge is 0.416 e. The molecule has 0 saturated carbocycles. The summed E-state index contributed by atoms with van der Waals surface area (Å²) in [6, 6.07) is 9.88. The number of carbonyl (C=O) groups is 2. The molecule has 0 spiro atoms. The number of primary amides is 2. The minimum absolute atomic E-state index is 0.0714. The third kappa shape index (κ3) is 5.35. The van der Waals surface area contributed by atoms with Crippen LogP contribution < -0.4 is 11.5 Å². The molecule has 40 heavy (non-hydrogen) atoms. The molecule has 2 aliphatic heterocycles. The van der Waals surface area contributed by atoms with E-state index in [9.17, 15) is 22.8 Å². The third-order valence-corrected chi connectivity index (χ3v) is 8.24. The van der Waals surface area contributed by atoms with Crippen LogP contribution in [0.25, 0.3) is 5.57 Å². The summed E-state index contributed by atoms with van der Waals surface area (Å²) >= 11 is 0. The van der Waals surface area contributed by atoms with Gasteiger partial charge in [-0.1, -0.05) is 24.3 Å². The first-order chi connectivity index (χ1) is 19.1. The predicted molar refractivity (Wildman–Crippen MR) is 142 cm³/mol. The molecule has 212 valence electrons. The lowest BCUT2D eigenvalue weighted by Crippen LogP contribution is -2.51. The fraction of sp³-hybridized carbons (Fsp3) is 0.414. The Morgan fingerprint density at radius 2 is 1.85 bits per heavy atom. The Kier molecular flexibility index (Phi) is 7.70. The van der Waals surface area contributed by atoms with Crippen molar-refractivity contribution in [3.63, 3.8) is 0 Å². The summed E-state index contributed by atoms with van der Waals surface area (Å²) in [6.07, 6.45) is -0.172. The van der Waals surface area contributed by atoms with E-state index in [0.717, 1.165) is 23.4 Å². The number of alkyl halides is 3. The van der Waals surface area contributed by atoms with E-state index in [2.05, 4.69) is 9.88 Å². The number of nitrogens with zero attached hydrogens (tertiary/aromatic N) is 3. The van der Waals surface area contributed by atoms with Gasteiger partial charge >= 0.3 is 12.2 Å². The van der Waals surface area contributed by atoms with Crippen LogP contribution in [-0.2, 0) is 15.7 Å². The van der Waals surface area contributed by atoms with Crippen LogP contribution in [0.3, 0.4) is 0 Å². The summed E-state index contributed by atoms with van der Waals surface area (Å²) in [5, 5.41) is 0. The van der Waals surface area contributed by atoms with Crippen molar-refractivity contribution >= 4 is 17.5 Å². The van der Waals surface area contributed by atoms with Gasteiger partial charge in [0, 0.05) is 32.4 Å². The van der Waals surface area contributed by atoms with Gasteiger partial charge in [0.15, 0.2) is 0 Å². The number of pyridine rings is 1. The van der Waals surface area contributed by atoms with Gasteiger partial charge in [-0.25, -0.2) is 4.79 Å². The Hall–Kier alpha value is -3.70. The molecule has 11 heteroatoms. The van der Waals surface area contributed by atoms with Crippen molar-refractivity contribution < 1.29 is 27.5 Å². The highest BCUT2D eigenvalue weighted by Gasteiger charge is 2.48. The Morgan fingerprint density at radius 1 is 1.07 bits per heavy atom. The SMILES string of the molecule is NC(=O)N1CCC2=C(C1)C(CC(c1ccccn1)N1CCOCC1)(C(N)=O)CC=C2c1cccc(C(F)(F)F)c1. The molecule has 0 radical (unpaired) electrons. The van der Waals surface area contributed by atoms with Crippen molar-refractivity contribution in [1.29, 1.82) is 0 Å². The molecule has 2 atom stereocenters. The molecule has 4 N–H and O–H groups in total. The number of carbonyl (C=O) groups excluding carboxylic acids is 2. The number of halogens is 3. The molecule has 0 bridgehead atoms. The monoisotopic (exact) mass is 555 g/mol. The maximum absolute atomic E-state index is 13.5. The summed E-state index contributed by atoms with van der Waals surface area (Å²) in [4.78, 5) is 34.0. The molecule has 3 amide bonds. The first kappa shape index (κ1) is 27.9. The number of hydrogen-bond donors (Lipinski definition) is 2. The standard InChI is InChI=1S/C29H32F3N5O3/c30-29(31,32)20-5-3-4-19(16-20)21-7-9-28(26(33)38,23-18-37(27(34)39)11-8-22(21)23)17-25(24-6-1-2-10-35-24)36-12-14-40-15-13-36/h1-7,10,16,25H,8-9,11-15,17-18H2,(H2,33,38)(H2,34,39). The lowest BCUT2D eigenvalue weighted by Gasteiger charge is -2.46. The molecule has 1 fully saturated rings. The molecule has 2 aromatic rings. The highest BCUT2D eigenvalue weighted by molar-refractivity contribution is 5.92. The second kappa shape index (κ2) is 11.1. The van der Waals surface area contributed by atoms with E-state index in [4.69, 9.17) is 16.2 Å². The van der Waals surface area contributed by atoms with Crippen LogP contribution >= 0.6 is 0 Å². The number of amides is 3. The lowest BCUT2D eigenvalue weighted by atomic mass is 9.64. The third-order valence-electron chi connectivity index (χ3n) is 8.24. The van der Waals surface area contributed by atoms with Crippen LogP contribution in [0.5, 0.6) is 0 Å². The van der Waals surface area contributed by atoms with Crippen LogP contribution in [0, 0.1) is 5.41 Å². The molecule has 8 nitrogen and oxygen atoms in total. The van der Waals surface area contributed by atoms with Crippen molar-refractivity contribution in [2.75, 3.05) is 39.4 Å². The number of allylic oxidation sites excluding steroid dienone is 2. The predicted octanol–water partition coefficient (Wildman–Crippen LogP) is 3.90. The van der Waals surface area contributed by atoms with Crippen LogP contribution in [0.1, 0.15) is 42.1 Å². The minimum atomic E-state index is -4.50. The molecule has 1 saturated heterocycles. The van der Waals surface area contributed by atoms with Gasteiger partial charge in [0.05, 0.1) is 35.9 Å². The van der Waals surface area contributed by atoms with E-state index in [1.165, 1.54) is 11.0 Å². The Bertz CT molecular complexity index is 1340. The zero-order valence-corrected chi connectivity index (χ0v) is 22.0. The fourth-order valence-corrected chi connectivity index (χ4v) is 6.14. The van der Waals surface area contributed by atoms with Gasteiger partial charge in [0.2, 0.25) is 5.91 Å². The number of aromatic nitrogens is 1. The maximum atomic E-state index is 13.5. The molecule has 5 rings (SSSR count).